The number of nitrogens with zero attached hydrogens (tertiary/aromatic N) is 3. The molecule has 12 nitrogen and oxygen atoms in total. The van der Waals surface area contributed by atoms with Gasteiger partial charge in [0, 0.05) is 11.3 Å². The minimum atomic E-state index is -0.695. The first-order valence-electron chi connectivity index (χ1n) is 9.67. The molecule has 0 aliphatic rings. The summed E-state index contributed by atoms with van der Waals surface area (Å²) in [5.74, 6) is -0.865. The Labute approximate surface area is 188 Å². The molecular weight excluding hydrogens is 432 g/mol. The Morgan fingerprint density at radius 2 is 1.79 bits per heavy atom. The van der Waals surface area contributed by atoms with Gasteiger partial charge in [-0.1, -0.05) is 6.07 Å². The van der Waals surface area contributed by atoms with Gasteiger partial charge in [0.05, 0.1) is 24.2 Å². The predicted octanol–water partition coefficient (Wildman–Crippen LogP) is 3.07. The van der Waals surface area contributed by atoms with Gasteiger partial charge in [-0.3, -0.25) is 25.8 Å². The van der Waals surface area contributed by atoms with Gasteiger partial charge in [0.25, 0.3) is 5.91 Å². The summed E-state index contributed by atoms with van der Waals surface area (Å²) in [7, 11) is 1.50. The fourth-order valence-electron chi connectivity index (χ4n) is 2.74. The normalized spacial score (nSPS) is 10.1. The van der Waals surface area contributed by atoms with Crippen molar-refractivity contribution in [3.8, 4) is 5.75 Å². The number of esters is 1. The molecule has 3 rings (SSSR count). The number of nitrogens with one attached hydrogen (secondary N) is 3. The molecule has 170 valence electrons. The highest BCUT2D eigenvalue weighted by molar-refractivity contribution is 5.95. The third-order valence-corrected chi connectivity index (χ3v) is 4.29. The molecular formula is C21H20N6O6. The van der Waals surface area contributed by atoms with Crippen LogP contribution in [0.3, 0.4) is 0 Å². The van der Waals surface area contributed by atoms with E-state index in [4.69, 9.17) is 9.47 Å². The van der Waals surface area contributed by atoms with E-state index < -0.39 is 22.5 Å². The van der Waals surface area contributed by atoms with E-state index in [-0.39, 0.29) is 23.8 Å². The van der Waals surface area contributed by atoms with E-state index in [0.29, 0.717) is 17.0 Å². The molecule has 33 heavy (non-hydrogen) atoms. The minimum Gasteiger partial charge on any atom is -0.497 e. The number of carbonyl (C=O) groups is 2. The third kappa shape index (κ3) is 5.70. The van der Waals surface area contributed by atoms with Gasteiger partial charge in [-0.25, -0.2) is 14.8 Å². The Bertz CT molecular complexity index is 1170. The summed E-state index contributed by atoms with van der Waals surface area (Å²) in [6, 6.07) is 12.5. The first kappa shape index (κ1) is 22.9. The smallest absolute Gasteiger partial charge is 0.355 e. The molecule has 0 spiro atoms. The van der Waals surface area contributed by atoms with Crippen LogP contribution in [0.25, 0.3) is 0 Å². The van der Waals surface area contributed by atoms with Crippen LogP contribution in [-0.2, 0) is 4.74 Å². The molecule has 0 aliphatic heterocycles. The lowest BCUT2D eigenvalue weighted by Gasteiger charge is -2.11. The zero-order chi connectivity index (χ0) is 23.8. The molecule has 0 bridgehead atoms. The molecule has 1 heterocycles. The van der Waals surface area contributed by atoms with Crippen LogP contribution < -0.4 is 20.9 Å². The van der Waals surface area contributed by atoms with Crippen LogP contribution in [0.15, 0.2) is 54.9 Å². The molecule has 3 N–H and O–H groups in total. The van der Waals surface area contributed by atoms with Gasteiger partial charge in [0.1, 0.15) is 12.1 Å². The van der Waals surface area contributed by atoms with E-state index in [1.54, 1.807) is 37.3 Å². The number of anilines is 3. The van der Waals surface area contributed by atoms with Crippen LogP contribution in [0, 0.1) is 10.1 Å². The van der Waals surface area contributed by atoms with Gasteiger partial charge in [0.2, 0.25) is 11.6 Å². The largest absolute Gasteiger partial charge is 0.497 e. The lowest BCUT2D eigenvalue weighted by molar-refractivity contribution is -0.383. The Morgan fingerprint density at radius 1 is 1.06 bits per heavy atom. The Balaban J connectivity index is 1.80. The number of benzene rings is 2. The number of carbonyl (C=O) groups excluding carboxylic acids is 2. The summed E-state index contributed by atoms with van der Waals surface area (Å²) < 4.78 is 10.0. The molecule has 12 heteroatoms. The molecule has 0 atom stereocenters. The maximum atomic E-state index is 12.3. The summed E-state index contributed by atoms with van der Waals surface area (Å²) in [5.41, 5.74) is 5.25. The van der Waals surface area contributed by atoms with Crippen molar-refractivity contribution in [3.63, 3.8) is 0 Å². The molecule has 1 amide bonds. The molecule has 3 aromatic rings. The van der Waals surface area contributed by atoms with E-state index >= 15 is 0 Å². The van der Waals surface area contributed by atoms with Crippen LogP contribution in [0.2, 0.25) is 0 Å². The zero-order valence-corrected chi connectivity index (χ0v) is 17.7. The molecule has 1 aromatic heterocycles. The number of rotatable bonds is 9. The van der Waals surface area contributed by atoms with Crippen molar-refractivity contribution < 1.29 is 24.0 Å². The maximum absolute atomic E-state index is 12.3. The van der Waals surface area contributed by atoms with Crippen molar-refractivity contribution in [2.45, 2.75) is 6.92 Å². The van der Waals surface area contributed by atoms with Gasteiger partial charge in [-0.2, -0.15) is 0 Å². The highest BCUT2D eigenvalue weighted by atomic mass is 16.6. The van der Waals surface area contributed by atoms with E-state index in [1.807, 2.05) is 0 Å². The lowest BCUT2D eigenvalue weighted by Crippen LogP contribution is -2.30. The van der Waals surface area contributed by atoms with Crippen molar-refractivity contribution in [3.05, 3.63) is 76.1 Å². The van der Waals surface area contributed by atoms with E-state index in [1.165, 1.54) is 25.3 Å². The number of hydrazine groups is 1. The fourth-order valence-corrected chi connectivity index (χ4v) is 2.74. The minimum absolute atomic E-state index is 0.141. The van der Waals surface area contributed by atoms with E-state index in [0.717, 1.165) is 6.33 Å². The van der Waals surface area contributed by atoms with Gasteiger partial charge in [-0.15, -0.1) is 0 Å². The monoisotopic (exact) mass is 452 g/mol. The number of amides is 1. The van der Waals surface area contributed by atoms with Crippen molar-refractivity contribution in [2.75, 3.05) is 24.5 Å². The summed E-state index contributed by atoms with van der Waals surface area (Å²) in [6.07, 6.45) is 1.09. The summed E-state index contributed by atoms with van der Waals surface area (Å²) >= 11 is 0. The molecule has 0 aliphatic carbocycles. The van der Waals surface area contributed by atoms with E-state index in [2.05, 4.69) is 26.1 Å². The number of methoxy groups -OCH3 is 1. The first-order chi connectivity index (χ1) is 15.9. The Morgan fingerprint density at radius 3 is 2.45 bits per heavy atom. The Hall–Kier alpha value is -4.74. The highest BCUT2D eigenvalue weighted by Gasteiger charge is 2.24. The number of ether oxygens (including phenoxy) is 2. The molecule has 0 radical (unpaired) electrons. The van der Waals surface area contributed by atoms with Crippen LogP contribution in [0.5, 0.6) is 5.75 Å². The quantitative estimate of drug-likeness (QED) is 0.250. The number of hydrogen-bond acceptors (Lipinski definition) is 10. The molecule has 0 saturated heterocycles. The molecule has 0 unspecified atom stereocenters. The highest BCUT2D eigenvalue weighted by Crippen LogP contribution is 2.31. The standard InChI is InChI=1S/C21H20N6O6/c1-3-33-21(29)14-5-4-6-15(11-14)24-18-17(27(30)31)19(23-12-22-18)25-26-20(28)13-7-9-16(32-2)10-8-13/h4-12H,3H2,1-2H3,(H,26,28)(H2,22,23,24,25). The average molecular weight is 452 g/mol. The lowest BCUT2D eigenvalue weighted by atomic mass is 10.2. The summed E-state index contributed by atoms with van der Waals surface area (Å²) in [4.78, 5) is 43.1. The second kappa shape index (κ2) is 10.5. The predicted molar refractivity (Wildman–Crippen MR) is 118 cm³/mol. The maximum Gasteiger partial charge on any atom is 0.355 e. The van der Waals surface area contributed by atoms with Gasteiger partial charge < -0.3 is 14.8 Å². The van der Waals surface area contributed by atoms with Gasteiger partial charge in [0.15, 0.2) is 0 Å². The molecule has 0 saturated carbocycles. The fraction of sp³-hybridized carbons (Fsp3) is 0.143. The molecule has 2 aromatic carbocycles. The second-order valence-corrected chi connectivity index (χ2v) is 6.41. The number of hydrogen-bond donors (Lipinski definition) is 3. The van der Waals surface area contributed by atoms with E-state index in [9.17, 15) is 19.7 Å². The van der Waals surface area contributed by atoms with Crippen LogP contribution in [0.1, 0.15) is 27.6 Å². The molecule has 0 fully saturated rings. The second-order valence-electron chi connectivity index (χ2n) is 6.41. The SMILES string of the molecule is CCOC(=O)c1cccc(Nc2ncnc(NNC(=O)c3ccc(OC)cc3)c2[N+](=O)[O-])c1. The van der Waals surface area contributed by atoms with Crippen LogP contribution >= 0.6 is 0 Å². The number of nitro groups is 1. The van der Waals surface area contributed by atoms with Gasteiger partial charge in [-0.05, 0) is 49.4 Å². The Kier molecular flexibility index (Phi) is 7.32. The van der Waals surface area contributed by atoms with Crippen LogP contribution in [-0.4, -0.2) is 40.5 Å². The van der Waals surface area contributed by atoms with Crippen molar-refractivity contribution >= 4 is 34.9 Å². The van der Waals surface area contributed by atoms with Crippen molar-refractivity contribution in [1.29, 1.82) is 0 Å². The topological polar surface area (TPSA) is 158 Å². The number of aromatic nitrogens is 2. The zero-order valence-electron chi connectivity index (χ0n) is 17.7. The van der Waals surface area contributed by atoms with Crippen molar-refractivity contribution in [2.24, 2.45) is 0 Å². The first-order valence-corrected chi connectivity index (χ1v) is 9.67. The summed E-state index contributed by atoms with van der Waals surface area (Å²) in [6.45, 7) is 1.90. The third-order valence-electron chi connectivity index (χ3n) is 4.29. The van der Waals surface area contributed by atoms with Crippen LogP contribution in [0.4, 0.5) is 23.0 Å². The summed E-state index contributed by atoms with van der Waals surface area (Å²) in [5, 5.41) is 14.5. The van der Waals surface area contributed by atoms with Crippen molar-refractivity contribution in [1.82, 2.24) is 15.4 Å². The average Bonchev–Trinajstić information content (AvgIpc) is 2.82. The van der Waals surface area contributed by atoms with Gasteiger partial charge >= 0.3 is 11.7 Å².